The lowest BCUT2D eigenvalue weighted by Crippen LogP contribution is -2.45. The first-order chi connectivity index (χ1) is 6.93. The summed E-state index contributed by atoms with van der Waals surface area (Å²) in [5.41, 5.74) is 0. The molecule has 0 N–H and O–H groups in total. The summed E-state index contributed by atoms with van der Waals surface area (Å²) in [5, 5.41) is 0. The number of esters is 1. The number of nitrogens with zero attached hydrogens (tertiary/aromatic N) is 1. The predicted molar refractivity (Wildman–Crippen MR) is 62.7 cm³/mol. The highest BCUT2D eigenvalue weighted by atomic mass is 16.5. The molecule has 0 aromatic carbocycles. The van der Waals surface area contributed by atoms with Gasteiger partial charge in [-0.15, -0.1) is 6.58 Å². The maximum absolute atomic E-state index is 11.2. The third kappa shape index (κ3) is 4.47. The van der Waals surface area contributed by atoms with E-state index in [-0.39, 0.29) is 12.0 Å². The second-order valence-corrected chi connectivity index (χ2v) is 4.22. The second kappa shape index (κ2) is 6.62. The van der Waals surface area contributed by atoms with Crippen molar-refractivity contribution in [2.75, 3.05) is 7.11 Å². The Balaban J connectivity index is 4.59. The molecule has 0 aliphatic rings. The largest absolute Gasteiger partial charge is 0.469 e. The first-order valence-corrected chi connectivity index (χ1v) is 5.40. The minimum absolute atomic E-state index is 0.0532. The van der Waals surface area contributed by atoms with E-state index in [1.54, 1.807) is 0 Å². The average molecular weight is 213 g/mol. The second-order valence-electron chi connectivity index (χ2n) is 4.22. The molecule has 1 unspecified atom stereocenters. The zero-order valence-electron chi connectivity index (χ0n) is 10.5. The highest BCUT2D eigenvalue weighted by Gasteiger charge is 2.23. The van der Waals surface area contributed by atoms with Gasteiger partial charge < -0.3 is 4.74 Å². The van der Waals surface area contributed by atoms with Crippen molar-refractivity contribution in [1.29, 1.82) is 0 Å². The van der Waals surface area contributed by atoms with E-state index in [0.717, 1.165) is 0 Å². The van der Waals surface area contributed by atoms with Crippen molar-refractivity contribution in [2.45, 2.75) is 52.2 Å². The predicted octanol–water partition coefficient (Wildman–Crippen LogP) is 2.22. The van der Waals surface area contributed by atoms with E-state index in [0.29, 0.717) is 18.5 Å². The van der Waals surface area contributed by atoms with Gasteiger partial charge in [-0.25, -0.2) is 0 Å². The van der Waals surface area contributed by atoms with Crippen molar-refractivity contribution >= 4 is 5.97 Å². The number of ether oxygens (including phenoxy) is 1. The molecule has 0 fully saturated rings. The monoisotopic (exact) mass is 213 g/mol. The Morgan fingerprint density at radius 2 is 1.80 bits per heavy atom. The van der Waals surface area contributed by atoms with Gasteiger partial charge in [0.05, 0.1) is 13.5 Å². The molecule has 0 saturated carbocycles. The van der Waals surface area contributed by atoms with Gasteiger partial charge in [-0.2, -0.15) is 0 Å². The molecule has 0 radical (unpaired) electrons. The number of methoxy groups -OCH3 is 1. The molecule has 0 aromatic rings. The van der Waals surface area contributed by atoms with Crippen LogP contribution >= 0.6 is 0 Å². The first kappa shape index (κ1) is 14.2. The summed E-state index contributed by atoms with van der Waals surface area (Å²) >= 11 is 0. The Labute approximate surface area is 93.1 Å². The molecule has 0 rings (SSSR count). The number of carbonyl (C=O) groups is 1. The molecule has 0 heterocycles. The fourth-order valence-corrected chi connectivity index (χ4v) is 1.93. The fourth-order valence-electron chi connectivity index (χ4n) is 1.93. The molecule has 0 aliphatic heterocycles. The van der Waals surface area contributed by atoms with E-state index in [1.807, 2.05) is 6.08 Å². The van der Waals surface area contributed by atoms with E-state index in [9.17, 15) is 4.79 Å². The summed E-state index contributed by atoms with van der Waals surface area (Å²) in [6.07, 6.45) is 2.19. The van der Waals surface area contributed by atoms with Crippen LogP contribution in [0.2, 0.25) is 0 Å². The lowest BCUT2D eigenvalue weighted by molar-refractivity contribution is -0.141. The smallest absolute Gasteiger partial charge is 0.307 e. The number of rotatable bonds is 6. The van der Waals surface area contributed by atoms with Crippen molar-refractivity contribution in [2.24, 2.45) is 0 Å². The van der Waals surface area contributed by atoms with E-state index < -0.39 is 0 Å². The number of hydrogen-bond donors (Lipinski definition) is 0. The van der Waals surface area contributed by atoms with Gasteiger partial charge in [0.1, 0.15) is 0 Å². The number of hydrogen-bond acceptors (Lipinski definition) is 3. The normalized spacial score (nSPS) is 13.3. The molecule has 3 nitrogen and oxygen atoms in total. The minimum atomic E-state index is -0.189. The summed E-state index contributed by atoms with van der Waals surface area (Å²) in [4.78, 5) is 13.5. The van der Waals surface area contributed by atoms with Crippen LogP contribution < -0.4 is 0 Å². The summed E-state index contributed by atoms with van der Waals surface area (Å²) in [7, 11) is 1.41. The standard InChI is InChI=1S/C12H23NO2/c1-7-11(8-12(14)15-6)13(9(2)3)10(4)5/h7,9-11H,1,8H2,2-6H3. The molecule has 0 aromatic heterocycles. The molecule has 0 bridgehead atoms. The summed E-state index contributed by atoms with van der Waals surface area (Å²) in [6, 6.07) is 0.827. The Kier molecular flexibility index (Phi) is 6.25. The van der Waals surface area contributed by atoms with Crippen LogP contribution in [-0.4, -0.2) is 36.1 Å². The third-order valence-corrected chi connectivity index (χ3v) is 2.45. The summed E-state index contributed by atoms with van der Waals surface area (Å²) < 4.78 is 4.68. The molecule has 15 heavy (non-hydrogen) atoms. The zero-order valence-corrected chi connectivity index (χ0v) is 10.5. The first-order valence-electron chi connectivity index (χ1n) is 5.40. The Morgan fingerprint density at radius 1 is 1.33 bits per heavy atom. The van der Waals surface area contributed by atoms with Crippen LogP contribution in [0.5, 0.6) is 0 Å². The Bertz CT molecular complexity index is 204. The minimum Gasteiger partial charge on any atom is -0.469 e. The van der Waals surface area contributed by atoms with Gasteiger partial charge in [0.25, 0.3) is 0 Å². The van der Waals surface area contributed by atoms with Crippen LogP contribution in [-0.2, 0) is 9.53 Å². The lowest BCUT2D eigenvalue weighted by Gasteiger charge is -2.36. The van der Waals surface area contributed by atoms with E-state index in [1.165, 1.54) is 7.11 Å². The van der Waals surface area contributed by atoms with Crippen LogP contribution in [0.4, 0.5) is 0 Å². The maximum Gasteiger partial charge on any atom is 0.307 e. The molecular formula is C12H23NO2. The van der Waals surface area contributed by atoms with Gasteiger partial charge in [0, 0.05) is 18.1 Å². The van der Waals surface area contributed by atoms with Gasteiger partial charge in [-0.1, -0.05) is 6.08 Å². The highest BCUT2D eigenvalue weighted by molar-refractivity contribution is 5.70. The summed E-state index contributed by atoms with van der Waals surface area (Å²) in [6.45, 7) is 12.3. The molecule has 88 valence electrons. The van der Waals surface area contributed by atoms with Gasteiger partial charge in [-0.05, 0) is 27.7 Å². The van der Waals surface area contributed by atoms with Crippen LogP contribution in [0.1, 0.15) is 34.1 Å². The van der Waals surface area contributed by atoms with Crippen molar-refractivity contribution in [3.63, 3.8) is 0 Å². The lowest BCUT2D eigenvalue weighted by atomic mass is 10.1. The van der Waals surface area contributed by atoms with Crippen molar-refractivity contribution in [3.05, 3.63) is 12.7 Å². The van der Waals surface area contributed by atoms with Crippen molar-refractivity contribution < 1.29 is 9.53 Å². The van der Waals surface area contributed by atoms with E-state index in [4.69, 9.17) is 0 Å². The van der Waals surface area contributed by atoms with Crippen LogP contribution in [0.3, 0.4) is 0 Å². The Morgan fingerprint density at radius 3 is 2.07 bits per heavy atom. The highest BCUT2D eigenvalue weighted by Crippen LogP contribution is 2.15. The van der Waals surface area contributed by atoms with Gasteiger partial charge in [0.2, 0.25) is 0 Å². The van der Waals surface area contributed by atoms with Gasteiger partial charge >= 0.3 is 5.97 Å². The molecule has 1 atom stereocenters. The van der Waals surface area contributed by atoms with Crippen LogP contribution in [0, 0.1) is 0 Å². The third-order valence-electron chi connectivity index (χ3n) is 2.45. The van der Waals surface area contributed by atoms with Crippen LogP contribution in [0.15, 0.2) is 12.7 Å². The quantitative estimate of drug-likeness (QED) is 0.500. The van der Waals surface area contributed by atoms with E-state index in [2.05, 4.69) is 43.9 Å². The van der Waals surface area contributed by atoms with Gasteiger partial charge in [0.15, 0.2) is 0 Å². The molecule has 0 spiro atoms. The SMILES string of the molecule is C=CC(CC(=O)OC)N(C(C)C)C(C)C. The average Bonchev–Trinajstić information content (AvgIpc) is 2.15. The molecule has 0 aliphatic carbocycles. The maximum atomic E-state index is 11.2. The fraction of sp³-hybridized carbons (Fsp3) is 0.750. The Hall–Kier alpha value is -0.830. The van der Waals surface area contributed by atoms with Crippen molar-refractivity contribution in [1.82, 2.24) is 4.90 Å². The molecule has 0 saturated heterocycles. The molecule has 3 heteroatoms. The molecular weight excluding hydrogens is 190 g/mol. The van der Waals surface area contributed by atoms with Crippen molar-refractivity contribution in [3.8, 4) is 0 Å². The molecule has 0 amide bonds. The zero-order chi connectivity index (χ0) is 12.0. The topological polar surface area (TPSA) is 29.5 Å². The van der Waals surface area contributed by atoms with E-state index >= 15 is 0 Å². The summed E-state index contributed by atoms with van der Waals surface area (Å²) in [5.74, 6) is -0.189. The van der Waals surface area contributed by atoms with Crippen LogP contribution in [0.25, 0.3) is 0 Å². The van der Waals surface area contributed by atoms with Gasteiger partial charge in [-0.3, -0.25) is 9.69 Å². The number of carbonyl (C=O) groups excluding carboxylic acids is 1.